The van der Waals surface area contributed by atoms with Crippen molar-refractivity contribution in [2.24, 2.45) is 0 Å². The number of benzene rings is 1. The van der Waals surface area contributed by atoms with Gasteiger partial charge in [-0.15, -0.1) is 11.3 Å². The number of methoxy groups -OCH3 is 2. The van der Waals surface area contributed by atoms with E-state index in [2.05, 4.69) is 15.3 Å². The molecule has 2 aromatic heterocycles. The highest BCUT2D eigenvalue weighted by atomic mass is 32.1. The highest BCUT2D eigenvalue weighted by molar-refractivity contribution is 7.13. The van der Waals surface area contributed by atoms with E-state index in [1.807, 2.05) is 30.5 Å². The maximum absolute atomic E-state index is 12.1. The van der Waals surface area contributed by atoms with Crippen molar-refractivity contribution in [3.05, 3.63) is 57.7 Å². The monoisotopic (exact) mass is 428 g/mol. The number of aryl methyl sites for hydroxylation is 1. The van der Waals surface area contributed by atoms with Gasteiger partial charge in [-0.05, 0) is 24.6 Å². The molecule has 3 aromatic rings. The zero-order valence-corrected chi connectivity index (χ0v) is 18.0. The molecule has 0 fully saturated rings. The van der Waals surface area contributed by atoms with Crippen LogP contribution < -0.4 is 20.3 Å². The fourth-order valence-corrected chi connectivity index (χ4v) is 3.69. The molecule has 0 saturated carbocycles. The number of amides is 1. The summed E-state index contributed by atoms with van der Waals surface area (Å²) in [6.45, 7) is 2.31. The minimum atomic E-state index is -0.238. The van der Waals surface area contributed by atoms with Gasteiger partial charge >= 0.3 is 0 Å². The molecule has 1 amide bonds. The van der Waals surface area contributed by atoms with Gasteiger partial charge in [-0.2, -0.15) is 0 Å². The molecule has 0 unspecified atom stereocenters. The fraction of sp³-hybridized carbons (Fsp3) is 0.333. The maximum atomic E-state index is 12.1. The molecule has 3 rings (SSSR count). The Kier molecular flexibility index (Phi) is 7.18. The van der Waals surface area contributed by atoms with Crippen molar-refractivity contribution in [3.63, 3.8) is 0 Å². The minimum Gasteiger partial charge on any atom is -0.493 e. The van der Waals surface area contributed by atoms with Crippen molar-refractivity contribution in [2.45, 2.75) is 26.3 Å². The summed E-state index contributed by atoms with van der Waals surface area (Å²) in [6.07, 6.45) is 2.69. The van der Waals surface area contributed by atoms with Crippen molar-refractivity contribution in [1.82, 2.24) is 19.9 Å². The van der Waals surface area contributed by atoms with Crippen molar-refractivity contribution in [1.29, 1.82) is 0 Å². The first-order valence-corrected chi connectivity index (χ1v) is 10.4. The molecule has 0 bridgehead atoms. The van der Waals surface area contributed by atoms with Gasteiger partial charge in [-0.3, -0.25) is 14.2 Å². The number of hydrogen-bond donors (Lipinski definition) is 1. The third kappa shape index (κ3) is 5.24. The molecule has 0 radical (unpaired) electrons. The number of nitrogens with zero attached hydrogens (tertiary/aromatic N) is 3. The number of carbonyl (C=O) groups excluding carboxylic acids is 1. The van der Waals surface area contributed by atoms with Crippen LogP contribution in [0.3, 0.4) is 0 Å². The molecule has 9 heteroatoms. The van der Waals surface area contributed by atoms with E-state index in [9.17, 15) is 9.59 Å². The number of carbonyl (C=O) groups is 1. The van der Waals surface area contributed by atoms with Gasteiger partial charge in [0.2, 0.25) is 5.91 Å². The Hall–Kier alpha value is -3.20. The summed E-state index contributed by atoms with van der Waals surface area (Å²) >= 11 is 1.53. The van der Waals surface area contributed by atoms with Crippen molar-refractivity contribution in [2.75, 3.05) is 20.8 Å². The standard InChI is InChI=1S/C21H24N4O4S/c1-4-15-10-20(27)25(13-23-15)11-19(26)22-8-7-16-12-30-21(24-16)14-5-6-17(28-2)18(9-14)29-3/h5-6,9-10,12-13H,4,7-8,11H2,1-3H3,(H,22,26). The summed E-state index contributed by atoms with van der Waals surface area (Å²) in [4.78, 5) is 32.9. The average Bonchev–Trinajstić information content (AvgIpc) is 3.23. The lowest BCUT2D eigenvalue weighted by Crippen LogP contribution is -2.33. The van der Waals surface area contributed by atoms with Gasteiger partial charge in [0, 0.05) is 35.7 Å². The second kappa shape index (κ2) is 10.0. The van der Waals surface area contributed by atoms with Gasteiger partial charge < -0.3 is 14.8 Å². The molecule has 0 atom stereocenters. The second-order valence-electron chi connectivity index (χ2n) is 6.51. The van der Waals surface area contributed by atoms with Gasteiger partial charge in [-0.25, -0.2) is 9.97 Å². The lowest BCUT2D eigenvalue weighted by Gasteiger charge is -2.08. The van der Waals surface area contributed by atoms with E-state index < -0.39 is 0 Å². The van der Waals surface area contributed by atoms with Crippen molar-refractivity contribution in [3.8, 4) is 22.1 Å². The molecule has 0 spiro atoms. The van der Waals surface area contributed by atoms with E-state index in [0.29, 0.717) is 36.6 Å². The third-order valence-electron chi connectivity index (χ3n) is 4.50. The molecule has 0 aliphatic rings. The smallest absolute Gasteiger partial charge is 0.253 e. The normalized spacial score (nSPS) is 10.6. The van der Waals surface area contributed by atoms with Gasteiger partial charge in [0.05, 0.1) is 26.2 Å². The van der Waals surface area contributed by atoms with E-state index in [1.165, 1.54) is 28.3 Å². The van der Waals surface area contributed by atoms with Crippen LogP contribution in [0.15, 0.2) is 40.8 Å². The molecule has 1 N–H and O–H groups in total. The zero-order valence-electron chi connectivity index (χ0n) is 17.2. The highest BCUT2D eigenvalue weighted by Gasteiger charge is 2.10. The summed E-state index contributed by atoms with van der Waals surface area (Å²) < 4.78 is 11.9. The quantitative estimate of drug-likeness (QED) is 0.562. The van der Waals surface area contributed by atoms with Crippen LogP contribution >= 0.6 is 11.3 Å². The number of ether oxygens (including phenoxy) is 2. The van der Waals surface area contributed by atoms with E-state index in [1.54, 1.807) is 14.2 Å². The summed E-state index contributed by atoms with van der Waals surface area (Å²) in [5.74, 6) is 1.08. The van der Waals surface area contributed by atoms with Crippen LogP contribution in [0.5, 0.6) is 11.5 Å². The maximum Gasteiger partial charge on any atom is 0.253 e. The number of aromatic nitrogens is 3. The SMILES string of the molecule is CCc1cc(=O)n(CC(=O)NCCc2csc(-c3ccc(OC)c(OC)c3)n2)cn1. The molecular weight excluding hydrogens is 404 g/mol. The Bertz CT molecular complexity index is 1080. The topological polar surface area (TPSA) is 95.3 Å². The predicted octanol–water partition coefficient (Wildman–Crippen LogP) is 2.31. The number of thiazole rings is 1. The van der Waals surface area contributed by atoms with E-state index in [-0.39, 0.29) is 18.0 Å². The van der Waals surface area contributed by atoms with Gasteiger partial charge in [0.25, 0.3) is 5.56 Å². The van der Waals surface area contributed by atoms with Crippen molar-refractivity contribution < 1.29 is 14.3 Å². The molecule has 158 valence electrons. The molecule has 8 nitrogen and oxygen atoms in total. The molecular formula is C21H24N4O4S. The summed E-state index contributed by atoms with van der Waals surface area (Å²) in [5.41, 5.74) is 2.31. The fourth-order valence-electron chi connectivity index (χ4n) is 2.84. The number of hydrogen-bond acceptors (Lipinski definition) is 7. The van der Waals surface area contributed by atoms with Crippen LogP contribution in [0.4, 0.5) is 0 Å². The lowest BCUT2D eigenvalue weighted by atomic mass is 10.2. The first kappa shape index (κ1) is 21.5. The third-order valence-corrected chi connectivity index (χ3v) is 5.44. The van der Waals surface area contributed by atoms with Gasteiger partial charge in [0.15, 0.2) is 11.5 Å². The Morgan fingerprint density at radius 2 is 1.97 bits per heavy atom. The Balaban J connectivity index is 1.54. The van der Waals surface area contributed by atoms with Crippen LogP contribution in [-0.4, -0.2) is 41.2 Å². The van der Waals surface area contributed by atoms with Crippen LogP contribution in [0.2, 0.25) is 0 Å². The van der Waals surface area contributed by atoms with Gasteiger partial charge in [0.1, 0.15) is 11.6 Å². The Morgan fingerprint density at radius 1 is 1.17 bits per heavy atom. The number of rotatable bonds is 9. The van der Waals surface area contributed by atoms with Crippen molar-refractivity contribution >= 4 is 17.2 Å². The zero-order chi connectivity index (χ0) is 21.5. The Morgan fingerprint density at radius 3 is 2.67 bits per heavy atom. The van der Waals surface area contributed by atoms with Crippen LogP contribution in [0.25, 0.3) is 10.6 Å². The molecule has 0 aliphatic carbocycles. The highest BCUT2D eigenvalue weighted by Crippen LogP contribution is 2.33. The van der Waals surface area contributed by atoms with Gasteiger partial charge in [-0.1, -0.05) is 6.92 Å². The average molecular weight is 429 g/mol. The second-order valence-corrected chi connectivity index (χ2v) is 7.37. The lowest BCUT2D eigenvalue weighted by molar-refractivity contribution is -0.121. The molecule has 1 aromatic carbocycles. The molecule has 0 saturated heterocycles. The van der Waals surface area contributed by atoms with E-state index >= 15 is 0 Å². The minimum absolute atomic E-state index is 0.0518. The number of nitrogens with one attached hydrogen (secondary N) is 1. The molecule has 30 heavy (non-hydrogen) atoms. The van der Waals surface area contributed by atoms with E-state index in [4.69, 9.17) is 9.47 Å². The van der Waals surface area contributed by atoms with Crippen LogP contribution in [-0.2, 0) is 24.2 Å². The first-order valence-electron chi connectivity index (χ1n) is 9.53. The Labute approximate surface area is 178 Å². The summed E-state index contributed by atoms with van der Waals surface area (Å²) in [5, 5.41) is 5.65. The van der Waals surface area contributed by atoms with Crippen LogP contribution in [0, 0.1) is 0 Å². The molecule has 0 aliphatic heterocycles. The van der Waals surface area contributed by atoms with Crippen LogP contribution in [0.1, 0.15) is 18.3 Å². The van der Waals surface area contributed by atoms with E-state index in [0.717, 1.165) is 16.3 Å². The first-order chi connectivity index (χ1) is 14.5. The summed E-state index contributed by atoms with van der Waals surface area (Å²) in [7, 11) is 3.19. The predicted molar refractivity (Wildman–Crippen MR) is 115 cm³/mol. The summed E-state index contributed by atoms with van der Waals surface area (Å²) in [6, 6.07) is 7.12. The molecule has 2 heterocycles. The largest absolute Gasteiger partial charge is 0.493 e.